The van der Waals surface area contributed by atoms with E-state index >= 15 is 0 Å². The first kappa shape index (κ1) is 12.3. The van der Waals surface area contributed by atoms with Crippen LogP contribution in [0.15, 0.2) is 18.2 Å². The van der Waals surface area contributed by atoms with E-state index in [9.17, 15) is 4.39 Å². The number of halogens is 1. The van der Waals surface area contributed by atoms with Gasteiger partial charge in [0.2, 0.25) is 5.79 Å². The summed E-state index contributed by atoms with van der Waals surface area (Å²) in [4.78, 5) is 2.06. The molecule has 0 unspecified atom stereocenters. The predicted octanol–water partition coefficient (Wildman–Crippen LogP) is 1.09. The van der Waals surface area contributed by atoms with Crippen molar-refractivity contribution in [1.29, 1.82) is 0 Å². The van der Waals surface area contributed by atoms with Crippen LogP contribution in [0.3, 0.4) is 0 Å². The van der Waals surface area contributed by atoms with Crippen molar-refractivity contribution in [2.45, 2.75) is 12.3 Å². The molecule has 5 heteroatoms. The molecule has 0 radical (unpaired) electrons. The van der Waals surface area contributed by atoms with E-state index in [0.29, 0.717) is 19.6 Å². The molecule has 0 aromatic heterocycles. The summed E-state index contributed by atoms with van der Waals surface area (Å²) in [6.45, 7) is 1.56. The lowest BCUT2D eigenvalue weighted by atomic mass is 10.0. The zero-order valence-electron chi connectivity index (χ0n) is 10.1. The quantitative estimate of drug-likeness (QED) is 0.800. The van der Waals surface area contributed by atoms with Gasteiger partial charge in [-0.15, -0.1) is 0 Å². The molecule has 1 saturated heterocycles. The second-order valence-electron chi connectivity index (χ2n) is 4.15. The number of nitrogens with two attached hydrogens (primary N) is 1. The first-order chi connectivity index (χ1) is 8.14. The fraction of sp³-hybridized carbons (Fsp3) is 0.500. The Balaban J connectivity index is 2.16. The van der Waals surface area contributed by atoms with Gasteiger partial charge in [0.1, 0.15) is 5.82 Å². The van der Waals surface area contributed by atoms with E-state index in [4.69, 9.17) is 15.2 Å². The minimum atomic E-state index is -0.541. The smallest absolute Gasteiger partial charge is 0.203 e. The van der Waals surface area contributed by atoms with E-state index in [2.05, 4.69) is 4.90 Å². The molecule has 2 rings (SSSR count). The van der Waals surface area contributed by atoms with Crippen LogP contribution in [0.4, 0.5) is 10.1 Å². The molecular weight excluding hydrogens is 223 g/mol. The second kappa shape index (κ2) is 4.60. The van der Waals surface area contributed by atoms with Gasteiger partial charge < -0.3 is 20.1 Å². The lowest BCUT2D eigenvalue weighted by Gasteiger charge is -2.49. The Hall–Kier alpha value is -1.17. The molecule has 4 nitrogen and oxygen atoms in total. The highest BCUT2D eigenvalue weighted by Crippen LogP contribution is 2.32. The molecule has 0 amide bonds. The van der Waals surface area contributed by atoms with Gasteiger partial charge in [0.15, 0.2) is 0 Å². The maximum absolute atomic E-state index is 13.1. The highest BCUT2D eigenvalue weighted by Gasteiger charge is 2.44. The minimum absolute atomic E-state index is 0.264. The average molecular weight is 240 g/mol. The van der Waals surface area contributed by atoms with Gasteiger partial charge in [-0.1, -0.05) is 0 Å². The van der Waals surface area contributed by atoms with E-state index in [1.807, 2.05) is 0 Å². The van der Waals surface area contributed by atoms with E-state index in [1.54, 1.807) is 20.3 Å². The Kier molecular flexibility index (Phi) is 3.33. The van der Waals surface area contributed by atoms with E-state index in [1.165, 1.54) is 12.1 Å². The summed E-state index contributed by atoms with van der Waals surface area (Å²) < 4.78 is 23.7. The molecule has 0 aliphatic carbocycles. The van der Waals surface area contributed by atoms with Crippen LogP contribution in [-0.4, -0.2) is 33.1 Å². The van der Waals surface area contributed by atoms with Crippen molar-refractivity contribution in [1.82, 2.24) is 0 Å². The Morgan fingerprint density at radius 2 is 2.00 bits per heavy atom. The molecule has 1 fully saturated rings. The molecule has 2 N–H and O–H groups in total. The first-order valence-electron chi connectivity index (χ1n) is 5.48. The summed E-state index contributed by atoms with van der Waals surface area (Å²) >= 11 is 0. The SMILES string of the molecule is COC1(OC)CN(c2ccc(F)cc2CN)C1. The standard InChI is InChI=1S/C12H17FN2O2/c1-16-12(17-2)7-15(8-12)11-4-3-10(13)5-9(11)6-14/h3-5H,6-8,14H2,1-2H3. The fourth-order valence-electron chi connectivity index (χ4n) is 2.07. The molecule has 1 aromatic rings. The normalized spacial score (nSPS) is 18.0. The van der Waals surface area contributed by atoms with Gasteiger partial charge in [-0.3, -0.25) is 0 Å². The van der Waals surface area contributed by atoms with Crippen molar-refractivity contribution in [2.24, 2.45) is 5.73 Å². The van der Waals surface area contributed by atoms with Crippen molar-refractivity contribution in [2.75, 3.05) is 32.2 Å². The third-order valence-corrected chi connectivity index (χ3v) is 3.21. The first-order valence-corrected chi connectivity index (χ1v) is 5.48. The van der Waals surface area contributed by atoms with Gasteiger partial charge in [0.25, 0.3) is 0 Å². The number of benzene rings is 1. The molecule has 0 atom stereocenters. The van der Waals surface area contributed by atoms with Crippen molar-refractivity contribution in [3.05, 3.63) is 29.6 Å². The molecular formula is C12H17FN2O2. The zero-order valence-corrected chi connectivity index (χ0v) is 10.1. The van der Waals surface area contributed by atoms with Gasteiger partial charge in [-0.2, -0.15) is 0 Å². The molecule has 1 aromatic carbocycles. The highest BCUT2D eigenvalue weighted by atomic mass is 19.1. The number of ether oxygens (including phenoxy) is 2. The lowest BCUT2D eigenvalue weighted by molar-refractivity contribution is -0.219. The van der Waals surface area contributed by atoms with Crippen LogP contribution < -0.4 is 10.6 Å². The van der Waals surface area contributed by atoms with Crippen molar-refractivity contribution in [3.8, 4) is 0 Å². The summed E-state index contributed by atoms with van der Waals surface area (Å²) in [7, 11) is 3.24. The Labute approximate surface area is 100 Å². The van der Waals surface area contributed by atoms with Gasteiger partial charge in [-0.25, -0.2) is 4.39 Å². The summed E-state index contributed by atoms with van der Waals surface area (Å²) in [5.74, 6) is -0.806. The number of rotatable bonds is 4. The Morgan fingerprint density at radius 1 is 1.35 bits per heavy atom. The van der Waals surface area contributed by atoms with E-state index < -0.39 is 5.79 Å². The lowest BCUT2D eigenvalue weighted by Crippen LogP contribution is -2.64. The topological polar surface area (TPSA) is 47.7 Å². The molecule has 1 heterocycles. The number of nitrogens with zero attached hydrogens (tertiary/aromatic N) is 1. The van der Waals surface area contributed by atoms with Crippen LogP contribution in [0, 0.1) is 5.82 Å². The van der Waals surface area contributed by atoms with Gasteiger partial charge >= 0.3 is 0 Å². The maximum atomic E-state index is 13.1. The van der Waals surface area contributed by atoms with Gasteiger partial charge in [0, 0.05) is 26.5 Å². The van der Waals surface area contributed by atoms with Crippen LogP contribution >= 0.6 is 0 Å². The Morgan fingerprint density at radius 3 is 2.53 bits per heavy atom. The Bertz CT molecular complexity index is 399. The summed E-state index contributed by atoms with van der Waals surface area (Å²) in [6, 6.07) is 4.65. The largest absolute Gasteiger partial charge is 0.360 e. The number of methoxy groups -OCH3 is 2. The van der Waals surface area contributed by atoms with Crippen LogP contribution in [0.2, 0.25) is 0 Å². The van der Waals surface area contributed by atoms with E-state index in [-0.39, 0.29) is 5.82 Å². The molecule has 94 valence electrons. The zero-order chi connectivity index (χ0) is 12.5. The molecule has 17 heavy (non-hydrogen) atoms. The van der Waals surface area contributed by atoms with Crippen LogP contribution in [0.25, 0.3) is 0 Å². The third-order valence-electron chi connectivity index (χ3n) is 3.21. The summed E-state index contributed by atoms with van der Waals surface area (Å²) in [5.41, 5.74) is 7.35. The molecule has 0 saturated carbocycles. The highest BCUT2D eigenvalue weighted by molar-refractivity contribution is 5.56. The van der Waals surface area contributed by atoms with Crippen LogP contribution in [-0.2, 0) is 16.0 Å². The van der Waals surface area contributed by atoms with Crippen LogP contribution in [0.1, 0.15) is 5.56 Å². The van der Waals surface area contributed by atoms with Crippen LogP contribution in [0.5, 0.6) is 0 Å². The minimum Gasteiger partial charge on any atom is -0.360 e. The molecule has 1 aliphatic heterocycles. The molecule has 0 bridgehead atoms. The number of anilines is 1. The third kappa shape index (κ3) is 2.13. The number of hydrogen-bond donors (Lipinski definition) is 1. The molecule has 0 spiro atoms. The summed E-state index contributed by atoms with van der Waals surface area (Å²) in [6.07, 6.45) is 0. The fourth-order valence-corrected chi connectivity index (χ4v) is 2.07. The maximum Gasteiger partial charge on any atom is 0.203 e. The summed E-state index contributed by atoms with van der Waals surface area (Å²) in [5, 5.41) is 0. The molecule has 1 aliphatic rings. The predicted molar refractivity (Wildman–Crippen MR) is 63.3 cm³/mol. The monoisotopic (exact) mass is 240 g/mol. The van der Waals surface area contributed by atoms with E-state index in [0.717, 1.165) is 11.3 Å². The second-order valence-corrected chi connectivity index (χ2v) is 4.15. The van der Waals surface area contributed by atoms with Gasteiger partial charge in [-0.05, 0) is 23.8 Å². The average Bonchev–Trinajstić information content (AvgIpc) is 2.30. The van der Waals surface area contributed by atoms with Crippen molar-refractivity contribution < 1.29 is 13.9 Å². The number of hydrogen-bond acceptors (Lipinski definition) is 4. The van der Waals surface area contributed by atoms with Crippen molar-refractivity contribution >= 4 is 5.69 Å². The van der Waals surface area contributed by atoms with Gasteiger partial charge in [0.05, 0.1) is 13.1 Å². The van der Waals surface area contributed by atoms with Crippen molar-refractivity contribution in [3.63, 3.8) is 0 Å².